The van der Waals surface area contributed by atoms with E-state index >= 15 is 4.39 Å². The third-order valence-electron chi connectivity index (χ3n) is 9.34. The van der Waals surface area contributed by atoms with Gasteiger partial charge in [0.25, 0.3) is 5.91 Å². The highest BCUT2D eigenvalue weighted by Crippen LogP contribution is 2.43. The Bertz CT molecular complexity index is 1800. The van der Waals surface area contributed by atoms with E-state index in [1.54, 1.807) is 14.0 Å². The summed E-state index contributed by atoms with van der Waals surface area (Å²) in [7, 11) is 1.69. The summed E-state index contributed by atoms with van der Waals surface area (Å²) in [6.07, 6.45) is -0.467. The van der Waals surface area contributed by atoms with Crippen LogP contribution in [-0.4, -0.2) is 58.2 Å². The van der Waals surface area contributed by atoms with Crippen molar-refractivity contribution < 1.29 is 31.9 Å². The van der Waals surface area contributed by atoms with Crippen LogP contribution in [0.2, 0.25) is 0 Å². The molecular weight excluding hydrogens is 644 g/mol. The summed E-state index contributed by atoms with van der Waals surface area (Å²) in [5, 5.41) is 7.53. The number of primary amides is 1. The van der Waals surface area contributed by atoms with Crippen LogP contribution in [-0.2, 0) is 33.7 Å². The Morgan fingerprint density at radius 1 is 1.12 bits per heavy atom. The summed E-state index contributed by atoms with van der Waals surface area (Å²) in [5.41, 5.74) is 13.9. The lowest BCUT2D eigenvalue weighted by atomic mass is 9.89. The Balaban J connectivity index is 1.26. The fourth-order valence-electron chi connectivity index (χ4n) is 6.59. The van der Waals surface area contributed by atoms with Crippen LogP contribution in [0.15, 0.2) is 29.3 Å². The first-order chi connectivity index (χ1) is 23.2. The largest absolute Gasteiger partial charge is 0.433 e. The number of amidine groups is 1. The zero-order valence-electron chi connectivity index (χ0n) is 27.6. The van der Waals surface area contributed by atoms with Crippen molar-refractivity contribution >= 4 is 29.2 Å². The average Bonchev–Trinajstić information content (AvgIpc) is 3.97. The molecule has 262 valence electrons. The van der Waals surface area contributed by atoms with E-state index in [-0.39, 0.29) is 48.3 Å². The summed E-state index contributed by atoms with van der Waals surface area (Å²) in [6.45, 7) is 4.06. The second kappa shape index (κ2) is 13.4. The van der Waals surface area contributed by atoms with Gasteiger partial charge in [-0.2, -0.15) is 23.3 Å². The van der Waals surface area contributed by atoms with Crippen LogP contribution in [0.3, 0.4) is 0 Å². The van der Waals surface area contributed by atoms with Crippen molar-refractivity contribution in [2.75, 3.05) is 23.8 Å². The Labute approximate surface area is 281 Å². The molecule has 3 aliphatic rings. The summed E-state index contributed by atoms with van der Waals surface area (Å²) >= 11 is 0. The summed E-state index contributed by atoms with van der Waals surface area (Å²) in [6, 6.07) is 5.22. The predicted molar refractivity (Wildman–Crippen MR) is 175 cm³/mol. The van der Waals surface area contributed by atoms with E-state index in [1.807, 2.05) is 13.0 Å². The Morgan fingerprint density at radius 2 is 1.86 bits per heavy atom. The van der Waals surface area contributed by atoms with Crippen molar-refractivity contribution in [2.45, 2.75) is 89.8 Å². The molecule has 0 radical (unpaired) electrons. The van der Waals surface area contributed by atoms with E-state index in [1.165, 1.54) is 16.8 Å². The molecule has 15 heteroatoms. The number of nitrogens with two attached hydrogens (primary N) is 2. The van der Waals surface area contributed by atoms with Crippen molar-refractivity contribution in [1.29, 1.82) is 0 Å². The molecule has 1 saturated heterocycles. The number of pyridine rings is 1. The number of aliphatic imine (C=N–C) groups is 1. The van der Waals surface area contributed by atoms with Crippen molar-refractivity contribution in [2.24, 2.45) is 22.4 Å². The second-order valence-electron chi connectivity index (χ2n) is 13.1. The monoisotopic (exact) mass is 684 g/mol. The molecule has 2 amide bonds. The number of rotatable bonds is 11. The Kier molecular flexibility index (Phi) is 9.40. The van der Waals surface area contributed by atoms with Gasteiger partial charge < -0.3 is 26.4 Å². The molecular formula is C34H40F4N8O3. The van der Waals surface area contributed by atoms with Crippen molar-refractivity contribution in [3.63, 3.8) is 0 Å². The fraction of sp³-hybridized carbons (Fsp3) is 0.500. The van der Waals surface area contributed by atoms with Gasteiger partial charge in [-0.15, -0.1) is 0 Å². The van der Waals surface area contributed by atoms with Gasteiger partial charge in [-0.25, -0.2) is 14.1 Å². The number of ether oxygens (including phenoxy) is 1. The first-order valence-electron chi connectivity index (χ1n) is 16.5. The van der Waals surface area contributed by atoms with E-state index in [4.69, 9.17) is 16.2 Å². The topological polar surface area (TPSA) is 154 Å². The number of hydrogen-bond donors (Lipinski definition) is 3. The van der Waals surface area contributed by atoms with Gasteiger partial charge in [-0.1, -0.05) is 0 Å². The third-order valence-corrected chi connectivity index (χ3v) is 9.34. The molecule has 6 rings (SSSR count). The highest BCUT2D eigenvalue weighted by atomic mass is 19.4. The minimum absolute atomic E-state index is 0.0851. The SMILES string of the molecule is CNc1c(-c2cc(F)c(COC3CC3)c(N3CCC(C(=O)N=C(N)c4ccc(C(F)(F)F)nc4C4CC4)CC3C)c2)c(C)nn1CC(N)=O. The highest BCUT2D eigenvalue weighted by molar-refractivity contribution is 6.05. The molecule has 2 unspecified atom stereocenters. The van der Waals surface area contributed by atoms with Gasteiger partial charge in [0.1, 0.15) is 29.7 Å². The molecule has 2 saturated carbocycles. The average molecular weight is 685 g/mol. The number of nitrogens with zero attached hydrogens (tertiary/aromatic N) is 5. The van der Waals surface area contributed by atoms with E-state index in [0.717, 1.165) is 18.9 Å². The Morgan fingerprint density at radius 3 is 2.47 bits per heavy atom. The van der Waals surface area contributed by atoms with Crippen LogP contribution in [0.5, 0.6) is 0 Å². The van der Waals surface area contributed by atoms with Gasteiger partial charge in [-0.3, -0.25) is 9.59 Å². The number of aromatic nitrogens is 3. The van der Waals surface area contributed by atoms with Crippen molar-refractivity contribution in [3.8, 4) is 11.1 Å². The molecule has 3 heterocycles. The molecule has 5 N–H and O–H groups in total. The zero-order valence-corrected chi connectivity index (χ0v) is 27.6. The number of carbonyl (C=O) groups excluding carboxylic acids is 2. The van der Waals surface area contributed by atoms with Gasteiger partial charge in [0.15, 0.2) is 0 Å². The van der Waals surface area contributed by atoms with E-state index in [9.17, 15) is 22.8 Å². The number of anilines is 2. The van der Waals surface area contributed by atoms with Crippen LogP contribution in [0.1, 0.15) is 79.6 Å². The van der Waals surface area contributed by atoms with Crippen LogP contribution in [0.25, 0.3) is 11.1 Å². The maximum absolute atomic E-state index is 16.0. The molecule has 11 nitrogen and oxygen atoms in total. The molecule has 0 spiro atoms. The van der Waals surface area contributed by atoms with E-state index in [0.29, 0.717) is 66.1 Å². The number of halogens is 4. The third kappa shape index (κ3) is 7.41. The number of hydrogen-bond acceptors (Lipinski definition) is 7. The quantitative estimate of drug-likeness (QED) is 0.144. The molecule has 1 aromatic carbocycles. The van der Waals surface area contributed by atoms with Crippen LogP contribution < -0.4 is 21.7 Å². The minimum Gasteiger partial charge on any atom is -0.383 e. The second-order valence-corrected chi connectivity index (χ2v) is 13.1. The van der Waals surface area contributed by atoms with Crippen molar-refractivity contribution in [1.82, 2.24) is 14.8 Å². The fourth-order valence-corrected chi connectivity index (χ4v) is 6.59. The number of piperidine rings is 1. The van der Waals surface area contributed by atoms with Gasteiger partial charge >= 0.3 is 6.18 Å². The van der Waals surface area contributed by atoms with E-state index < -0.39 is 35.4 Å². The highest BCUT2D eigenvalue weighted by Gasteiger charge is 2.37. The van der Waals surface area contributed by atoms with Crippen LogP contribution >= 0.6 is 0 Å². The molecule has 1 aliphatic heterocycles. The lowest BCUT2D eigenvalue weighted by Gasteiger charge is -2.39. The number of alkyl halides is 3. The zero-order chi connectivity index (χ0) is 35.2. The number of carbonyl (C=O) groups is 2. The standard InChI is InChI=1S/C34H40F4N8O3/c1-17-12-20(33(48)43-31(40)23-8-9-27(34(36,37)38)42-30(23)19-4-5-19)10-11-45(17)26-14-21(13-25(35)24(26)16-49-22-6-7-22)29-18(2)44-46(15-28(39)47)32(29)41-3/h8-9,13-14,17,19-20,22,41H,4-7,10-12,15-16H2,1-3H3,(H2,39,47)(H2,40,43,48). The van der Waals surface area contributed by atoms with Crippen LogP contribution in [0, 0.1) is 18.7 Å². The first kappa shape index (κ1) is 34.3. The normalized spacial score (nSPS) is 20.1. The van der Waals surface area contributed by atoms with E-state index in [2.05, 4.69) is 25.3 Å². The summed E-state index contributed by atoms with van der Waals surface area (Å²) in [5.74, 6) is -1.75. The lowest BCUT2D eigenvalue weighted by molar-refractivity contribution is -0.141. The van der Waals surface area contributed by atoms with Gasteiger partial charge in [-0.05, 0) is 82.2 Å². The summed E-state index contributed by atoms with van der Waals surface area (Å²) < 4.78 is 63.4. The van der Waals surface area contributed by atoms with Crippen molar-refractivity contribution in [3.05, 3.63) is 58.3 Å². The molecule has 3 aromatic rings. The summed E-state index contributed by atoms with van der Waals surface area (Å²) in [4.78, 5) is 35.1. The maximum atomic E-state index is 16.0. The van der Waals surface area contributed by atoms with Crippen LogP contribution in [0.4, 0.5) is 29.1 Å². The molecule has 2 atom stereocenters. The van der Waals surface area contributed by atoms with Gasteiger partial charge in [0.2, 0.25) is 5.91 Å². The number of nitrogens with one attached hydrogen (secondary N) is 1. The maximum Gasteiger partial charge on any atom is 0.433 e. The molecule has 3 fully saturated rings. The predicted octanol–water partition coefficient (Wildman–Crippen LogP) is 5.03. The van der Waals surface area contributed by atoms with Gasteiger partial charge in [0.05, 0.1) is 24.1 Å². The lowest BCUT2D eigenvalue weighted by Crippen LogP contribution is -2.43. The molecule has 0 bridgehead atoms. The number of amides is 2. The minimum atomic E-state index is -4.60. The number of aryl methyl sites for hydroxylation is 1. The smallest absolute Gasteiger partial charge is 0.383 e. The molecule has 2 aliphatic carbocycles. The van der Waals surface area contributed by atoms with Gasteiger partial charge in [0, 0.05) is 53.8 Å². The first-order valence-corrected chi connectivity index (χ1v) is 16.5. The molecule has 2 aromatic heterocycles. The molecule has 49 heavy (non-hydrogen) atoms. The Hall–Kier alpha value is -4.53. The number of benzene rings is 1.